The number of anilines is 5. The van der Waals surface area contributed by atoms with Crippen molar-refractivity contribution in [3.63, 3.8) is 0 Å². The fourth-order valence-electron chi connectivity index (χ4n) is 4.71. The van der Waals surface area contributed by atoms with Crippen LogP contribution in [0.25, 0.3) is 0 Å². The van der Waals surface area contributed by atoms with Crippen LogP contribution < -0.4 is 20.0 Å². The summed E-state index contributed by atoms with van der Waals surface area (Å²) in [6.07, 6.45) is 2.74. The summed E-state index contributed by atoms with van der Waals surface area (Å²) in [5, 5.41) is 4.09. The maximum absolute atomic E-state index is 13.3. The number of fused-ring (bicyclic) bond motifs is 1. The standard InChI is InChI=1S/C26H29Cl2N7O/c1-3-11-33-12-14-34(15-13-33)19-9-7-18(8-10-19)30-26-29-16-20-24(31-26)32(2)17-35(25(20)36)23-21(27)5-4-6-22(23)28/h4-10,16H,3,11-15,17H2,1-2H3,(H,29,30,31). The minimum absolute atomic E-state index is 0.243. The van der Waals surface area contributed by atoms with Crippen LogP contribution in [0.5, 0.6) is 0 Å². The molecular formula is C26H29Cl2N7O. The molecular weight excluding hydrogens is 497 g/mol. The lowest BCUT2D eigenvalue weighted by molar-refractivity contribution is 0.0982. The van der Waals surface area contributed by atoms with Crippen LogP contribution in [-0.2, 0) is 0 Å². The van der Waals surface area contributed by atoms with Gasteiger partial charge in [-0.05, 0) is 49.4 Å². The van der Waals surface area contributed by atoms with Crippen LogP contribution in [0, 0.1) is 0 Å². The highest BCUT2D eigenvalue weighted by molar-refractivity contribution is 6.40. The van der Waals surface area contributed by atoms with Gasteiger partial charge in [-0.15, -0.1) is 0 Å². The van der Waals surface area contributed by atoms with Crippen molar-refractivity contribution in [2.45, 2.75) is 13.3 Å². The van der Waals surface area contributed by atoms with E-state index >= 15 is 0 Å². The third kappa shape index (κ3) is 4.93. The predicted molar refractivity (Wildman–Crippen MR) is 147 cm³/mol. The predicted octanol–water partition coefficient (Wildman–Crippen LogP) is 5.11. The first-order chi connectivity index (χ1) is 17.4. The van der Waals surface area contributed by atoms with Gasteiger partial charge in [-0.3, -0.25) is 14.6 Å². The van der Waals surface area contributed by atoms with Crippen LogP contribution >= 0.6 is 23.2 Å². The zero-order valence-electron chi connectivity index (χ0n) is 20.4. The van der Waals surface area contributed by atoms with Crippen LogP contribution in [-0.4, -0.2) is 67.2 Å². The Labute approximate surface area is 221 Å². The summed E-state index contributed by atoms with van der Waals surface area (Å²) in [5.74, 6) is 0.741. The maximum atomic E-state index is 13.3. The Morgan fingerprint density at radius 1 is 1.00 bits per heavy atom. The quantitative estimate of drug-likeness (QED) is 0.479. The third-order valence-electron chi connectivity index (χ3n) is 6.57. The molecule has 0 aliphatic carbocycles. The number of carbonyl (C=O) groups excluding carboxylic acids is 1. The molecule has 5 rings (SSSR count). The summed E-state index contributed by atoms with van der Waals surface area (Å²) in [5.41, 5.74) is 2.98. The highest BCUT2D eigenvalue weighted by Gasteiger charge is 2.32. The Morgan fingerprint density at radius 2 is 1.69 bits per heavy atom. The van der Waals surface area contributed by atoms with Gasteiger partial charge in [-0.2, -0.15) is 4.98 Å². The third-order valence-corrected chi connectivity index (χ3v) is 7.18. The molecule has 2 aliphatic heterocycles. The molecule has 0 saturated carbocycles. The first-order valence-electron chi connectivity index (χ1n) is 12.1. The van der Waals surface area contributed by atoms with E-state index in [-0.39, 0.29) is 12.6 Å². The van der Waals surface area contributed by atoms with Crippen LogP contribution in [0.1, 0.15) is 23.7 Å². The van der Waals surface area contributed by atoms with Gasteiger partial charge in [0.15, 0.2) is 0 Å². The molecule has 1 amide bonds. The number of amides is 1. The number of benzene rings is 2. The second kappa shape index (κ2) is 10.5. The highest BCUT2D eigenvalue weighted by atomic mass is 35.5. The molecule has 0 radical (unpaired) electrons. The summed E-state index contributed by atoms with van der Waals surface area (Å²) in [6, 6.07) is 13.5. The van der Waals surface area contributed by atoms with Crippen molar-refractivity contribution in [3.8, 4) is 0 Å². The lowest BCUT2D eigenvalue weighted by Crippen LogP contribution is -2.46. The number of rotatable bonds is 6. The van der Waals surface area contributed by atoms with Crippen LogP contribution in [0.2, 0.25) is 10.0 Å². The Morgan fingerprint density at radius 3 is 2.36 bits per heavy atom. The summed E-state index contributed by atoms with van der Waals surface area (Å²) in [7, 11) is 1.87. The fourth-order valence-corrected chi connectivity index (χ4v) is 5.31. The zero-order chi connectivity index (χ0) is 25.2. The minimum atomic E-state index is -0.243. The molecule has 3 aromatic rings. The molecule has 2 aromatic carbocycles. The maximum Gasteiger partial charge on any atom is 0.265 e. The number of piperazine rings is 1. The summed E-state index contributed by atoms with van der Waals surface area (Å²) in [4.78, 5) is 30.6. The SMILES string of the molecule is CCCN1CCN(c2ccc(Nc3ncc4c(n3)N(C)CN(c3c(Cl)cccc3Cl)C4=O)cc2)CC1. The number of hydrogen-bond acceptors (Lipinski definition) is 7. The molecule has 36 heavy (non-hydrogen) atoms. The van der Waals surface area contributed by atoms with Crippen molar-refractivity contribution in [3.05, 3.63) is 64.3 Å². The smallest absolute Gasteiger partial charge is 0.265 e. The van der Waals surface area contributed by atoms with E-state index in [9.17, 15) is 4.79 Å². The first-order valence-corrected chi connectivity index (χ1v) is 12.9. The van der Waals surface area contributed by atoms with E-state index in [0.29, 0.717) is 33.1 Å². The van der Waals surface area contributed by atoms with Gasteiger partial charge in [0.05, 0.1) is 22.4 Å². The molecule has 0 bridgehead atoms. The Kier molecular flexibility index (Phi) is 7.18. The number of nitrogens with one attached hydrogen (secondary N) is 1. The van der Waals surface area contributed by atoms with Crippen molar-refractivity contribution in [2.75, 3.05) is 66.5 Å². The van der Waals surface area contributed by atoms with Gasteiger partial charge < -0.3 is 15.1 Å². The molecule has 2 aliphatic rings. The van der Waals surface area contributed by atoms with Crippen molar-refractivity contribution in [1.29, 1.82) is 0 Å². The molecule has 1 saturated heterocycles. The fraction of sp³-hybridized carbons (Fsp3) is 0.346. The highest BCUT2D eigenvalue weighted by Crippen LogP contribution is 2.37. The lowest BCUT2D eigenvalue weighted by Gasteiger charge is -2.36. The number of para-hydroxylation sites is 1. The van der Waals surface area contributed by atoms with Crippen molar-refractivity contribution < 1.29 is 4.79 Å². The number of halogens is 2. The monoisotopic (exact) mass is 525 g/mol. The molecule has 0 atom stereocenters. The van der Waals surface area contributed by atoms with Crippen molar-refractivity contribution in [2.24, 2.45) is 0 Å². The van der Waals surface area contributed by atoms with Gasteiger partial charge in [0, 0.05) is 50.8 Å². The van der Waals surface area contributed by atoms with Gasteiger partial charge in [0.25, 0.3) is 5.91 Å². The number of carbonyl (C=O) groups is 1. The molecule has 1 fully saturated rings. The normalized spacial score (nSPS) is 16.3. The average molecular weight is 526 g/mol. The first kappa shape index (κ1) is 24.6. The van der Waals surface area contributed by atoms with E-state index in [4.69, 9.17) is 23.2 Å². The van der Waals surface area contributed by atoms with Crippen molar-refractivity contribution >= 4 is 57.9 Å². The van der Waals surface area contributed by atoms with Gasteiger partial charge in [0.2, 0.25) is 5.95 Å². The van der Waals surface area contributed by atoms with E-state index in [0.717, 1.165) is 31.9 Å². The van der Waals surface area contributed by atoms with E-state index in [1.54, 1.807) is 29.3 Å². The van der Waals surface area contributed by atoms with Crippen LogP contribution in [0.3, 0.4) is 0 Å². The Bertz CT molecular complexity index is 1230. The largest absolute Gasteiger partial charge is 0.369 e. The molecule has 3 heterocycles. The summed E-state index contributed by atoms with van der Waals surface area (Å²) < 4.78 is 0. The second-order valence-electron chi connectivity index (χ2n) is 9.07. The van der Waals surface area contributed by atoms with Gasteiger partial charge in [-0.25, -0.2) is 4.98 Å². The number of aromatic nitrogens is 2. The molecule has 1 N–H and O–H groups in total. The molecule has 1 aromatic heterocycles. The molecule has 0 unspecified atom stereocenters. The second-order valence-corrected chi connectivity index (χ2v) is 9.89. The number of hydrogen-bond donors (Lipinski definition) is 1. The van der Waals surface area contributed by atoms with E-state index in [1.165, 1.54) is 18.7 Å². The van der Waals surface area contributed by atoms with Gasteiger partial charge in [0.1, 0.15) is 11.4 Å². The summed E-state index contributed by atoms with van der Waals surface area (Å²) in [6.45, 7) is 7.95. The summed E-state index contributed by atoms with van der Waals surface area (Å²) >= 11 is 12.7. The van der Waals surface area contributed by atoms with Gasteiger partial charge in [-0.1, -0.05) is 36.2 Å². The van der Waals surface area contributed by atoms with Crippen LogP contribution in [0.15, 0.2) is 48.7 Å². The van der Waals surface area contributed by atoms with Crippen LogP contribution in [0.4, 0.5) is 28.8 Å². The average Bonchev–Trinajstić information content (AvgIpc) is 2.88. The minimum Gasteiger partial charge on any atom is -0.369 e. The molecule has 188 valence electrons. The molecule has 0 spiro atoms. The van der Waals surface area contributed by atoms with Gasteiger partial charge >= 0.3 is 0 Å². The molecule has 10 heteroatoms. The topological polar surface area (TPSA) is 67.8 Å². The van der Waals surface area contributed by atoms with E-state index in [1.807, 2.05) is 24.1 Å². The van der Waals surface area contributed by atoms with E-state index < -0.39 is 0 Å². The van der Waals surface area contributed by atoms with Crippen molar-refractivity contribution in [1.82, 2.24) is 14.9 Å². The van der Waals surface area contributed by atoms with E-state index in [2.05, 4.69) is 44.1 Å². The Hall–Kier alpha value is -3.07. The Balaban J connectivity index is 1.29. The molecule has 8 nitrogen and oxygen atoms in total. The zero-order valence-corrected chi connectivity index (χ0v) is 21.9. The number of nitrogens with zero attached hydrogens (tertiary/aromatic N) is 6. The lowest BCUT2D eigenvalue weighted by atomic mass is 10.2.